The van der Waals surface area contributed by atoms with Gasteiger partial charge in [0.1, 0.15) is 0 Å². The summed E-state index contributed by atoms with van der Waals surface area (Å²) in [5, 5.41) is 0. The van der Waals surface area contributed by atoms with Crippen LogP contribution in [0.3, 0.4) is 0 Å². The molecule has 0 bridgehead atoms. The molecule has 0 aliphatic carbocycles. The topological polar surface area (TPSA) is 52.6 Å². The van der Waals surface area contributed by atoms with Crippen molar-refractivity contribution in [3.63, 3.8) is 0 Å². The molecule has 0 heterocycles. The molecule has 0 aliphatic heterocycles. The highest BCUT2D eigenvalue weighted by molar-refractivity contribution is 5.69. The third-order valence-electron chi connectivity index (χ3n) is 7.14. The fourth-order valence-corrected chi connectivity index (χ4v) is 4.60. The summed E-state index contributed by atoms with van der Waals surface area (Å²) in [6, 6.07) is 0. The smallest absolute Gasteiger partial charge is 0.305 e. The Kier molecular flexibility index (Phi) is 25.2. The highest BCUT2D eigenvalue weighted by Gasteiger charge is 2.15. The molecule has 0 fully saturated rings. The van der Waals surface area contributed by atoms with Gasteiger partial charge in [0.05, 0.1) is 13.2 Å². The number of ether oxygens (including phenoxy) is 2. The zero-order chi connectivity index (χ0) is 26.0. The highest BCUT2D eigenvalue weighted by atomic mass is 16.5. The van der Waals surface area contributed by atoms with Crippen molar-refractivity contribution in [3.8, 4) is 0 Å². The average Bonchev–Trinajstić information content (AvgIpc) is 2.83. The van der Waals surface area contributed by atoms with Gasteiger partial charge in [0, 0.05) is 12.8 Å². The number of unbranched alkanes of at least 4 members (excludes halogenated alkanes) is 14. The van der Waals surface area contributed by atoms with Crippen LogP contribution in [-0.4, -0.2) is 25.2 Å². The van der Waals surface area contributed by atoms with Crippen molar-refractivity contribution >= 4 is 11.9 Å². The summed E-state index contributed by atoms with van der Waals surface area (Å²) in [5.74, 6) is 1.24. The molecule has 4 nitrogen and oxygen atoms in total. The van der Waals surface area contributed by atoms with E-state index >= 15 is 0 Å². The molecular weight excluding hydrogens is 436 g/mol. The quantitative estimate of drug-likeness (QED) is 0.0883. The Balaban J connectivity index is 3.56. The SMILES string of the molecule is CCCCCCOC(=O)CCCCCCCCCCCC(CCC(=O)OCCCCCC)C(C)C. The van der Waals surface area contributed by atoms with Gasteiger partial charge >= 0.3 is 11.9 Å². The van der Waals surface area contributed by atoms with Gasteiger partial charge in [-0.15, -0.1) is 0 Å². The van der Waals surface area contributed by atoms with Crippen molar-refractivity contribution in [2.24, 2.45) is 11.8 Å². The predicted octanol–water partition coefficient (Wildman–Crippen LogP) is 9.58. The normalized spacial score (nSPS) is 12.1. The molecule has 0 saturated heterocycles. The number of carbonyl (C=O) groups excluding carboxylic acids is 2. The summed E-state index contributed by atoms with van der Waals surface area (Å²) >= 11 is 0. The van der Waals surface area contributed by atoms with E-state index < -0.39 is 0 Å². The largest absolute Gasteiger partial charge is 0.466 e. The number of hydrogen-bond donors (Lipinski definition) is 0. The lowest BCUT2D eigenvalue weighted by Crippen LogP contribution is -2.13. The minimum Gasteiger partial charge on any atom is -0.466 e. The molecule has 0 N–H and O–H groups in total. The van der Waals surface area contributed by atoms with Crippen LogP contribution >= 0.6 is 0 Å². The summed E-state index contributed by atoms with van der Waals surface area (Å²) in [5.41, 5.74) is 0. The summed E-state index contributed by atoms with van der Waals surface area (Å²) < 4.78 is 10.7. The van der Waals surface area contributed by atoms with Crippen LogP contribution in [-0.2, 0) is 19.1 Å². The maximum absolute atomic E-state index is 12.0. The average molecular weight is 497 g/mol. The van der Waals surface area contributed by atoms with Gasteiger partial charge in [-0.25, -0.2) is 0 Å². The van der Waals surface area contributed by atoms with Crippen LogP contribution in [0.25, 0.3) is 0 Å². The molecule has 0 rings (SSSR count). The summed E-state index contributed by atoms with van der Waals surface area (Å²) in [6.45, 7) is 10.1. The molecule has 0 aromatic heterocycles. The van der Waals surface area contributed by atoms with Gasteiger partial charge < -0.3 is 9.47 Å². The Labute approximate surface area is 218 Å². The highest BCUT2D eigenvalue weighted by Crippen LogP contribution is 2.24. The van der Waals surface area contributed by atoms with E-state index in [4.69, 9.17) is 9.47 Å². The van der Waals surface area contributed by atoms with Crippen molar-refractivity contribution in [3.05, 3.63) is 0 Å². The van der Waals surface area contributed by atoms with Crippen molar-refractivity contribution < 1.29 is 19.1 Å². The molecular formula is C31H60O4. The molecule has 1 unspecified atom stereocenters. The fourth-order valence-electron chi connectivity index (χ4n) is 4.60. The van der Waals surface area contributed by atoms with Crippen LogP contribution in [0, 0.1) is 11.8 Å². The minimum absolute atomic E-state index is 0.00792. The Morgan fingerprint density at radius 1 is 0.514 bits per heavy atom. The third kappa shape index (κ3) is 24.4. The van der Waals surface area contributed by atoms with Crippen molar-refractivity contribution in [1.29, 1.82) is 0 Å². The number of rotatable bonds is 26. The molecule has 0 saturated carbocycles. The second-order valence-corrected chi connectivity index (χ2v) is 10.8. The molecule has 1 atom stereocenters. The van der Waals surface area contributed by atoms with Gasteiger partial charge in [-0.2, -0.15) is 0 Å². The molecule has 0 radical (unpaired) electrons. The van der Waals surface area contributed by atoms with Crippen LogP contribution in [0.1, 0.15) is 163 Å². The summed E-state index contributed by atoms with van der Waals surface area (Å²) in [6.07, 6.45) is 23.7. The van der Waals surface area contributed by atoms with Gasteiger partial charge in [-0.3, -0.25) is 9.59 Å². The Morgan fingerprint density at radius 2 is 0.943 bits per heavy atom. The summed E-state index contributed by atoms with van der Waals surface area (Å²) in [7, 11) is 0. The van der Waals surface area contributed by atoms with Crippen LogP contribution in [0.15, 0.2) is 0 Å². The zero-order valence-electron chi connectivity index (χ0n) is 24.1. The molecule has 0 amide bonds. The van der Waals surface area contributed by atoms with Crippen LogP contribution < -0.4 is 0 Å². The first-order valence-electron chi connectivity index (χ1n) is 15.3. The van der Waals surface area contributed by atoms with Crippen LogP contribution in [0.4, 0.5) is 0 Å². The maximum Gasteiger partial charge on any atom is 0.305 e. The lowest BCUT2D eigenvalue weighted by Gasteiger charge is -2.20. The number of carbonyl (C=O) groups is 2. The van der Waals surface area contributed by atoms with Crippen molar-refractivity contribution in [2.45, 2.75) is 163 Å². The predicted molar refractivity (Wildman–Crippen MR) is 149 cm³/mol. The van der Waals surface area contributed by atoms with E-state index in [9.17, 15) is 9.59 Å². The lowest BCUT2D eigenvalue weighted by atomic mass is 9.86. The van der Waals surface area contributed by atoms with Crippen LogP contribution in [0.5, 0.6) is 0 Å². The number of hydrogen-bond acceptors (Lipinski definition) is 4. The first kappa shape index (κ1) is 33.9. The van der Waals surface area contributed by atoms with E-state index in [2.05, 4.69) is 27.7 Å². The third-order valence-corrected chi connectivity index (χ3v) is 7.14. The molecule has 0 aromatic carbocycles. The molecule has 35 heavy (non-hydrogen) atoms. The van der Waals surface area contributed by atoms with Crippen molar-refractivity contribution in [1.82, 2.24) is 0 Å². The number of esters is 2. The van der Waals surface area contributed by atoms with E-state index in [1.165, 1.54) is 77.0 Å². The van der Waals surface area contributed by atoms with E-state index in [1.807, 2.05) is 0 Å². The van der Waals surface area contributed by atoms with Gasteiger partial charge in [0.2, 0.25) is 0 Å². The van der Waals surface area contributed by atoms with Gasteiger partial charge in [0.15, 0.2) is 0 Å². The minimum atomic E-state index is -0.0134. The lowest BCUT2D eigenvalue weighted by molar-refractivity contribution is -0.145. The van der Waals surface area contributed by atoms with E-state index in [1.54, 1.807) is 0 Å². The first-order chi connectivity index (χ1) is 17.0. The fraction of sp³-hybridized carbons (Fsp3) is 0.935. The zero-order valence-corrected chi connectivity index (χ0v) is 24.1. The second kappa shape index (κ2) is 26.0. The van der Waals surface area contributed by atoms with Gasteiger partial charge in [-0.05, 0) is 37.5 Å². The van der Waals surface area contributed by atoms with Gasteiger partial charge in [-0.1, -0.05) is 124 Å². The Hall–Kier alpha value is -1.06. The van der Waals surface area contributed by atoms with Crippen LogP contribution in [0.2, 0.25) is 0 Å². The van der Waals surface area contributed by atoms with E-state index in [0.717, 1.165) is 44.9 Å². The van der Waals surface area contributed by atoms with Gasteiger partial charge in [0.25, 0.3) is 0 Å². The molecule has 0 spiro atoms. The van der Waals surface area contributed by atoms with E-state index in [-0.39, 0.29) is 11.9 Å². The van der Waals surface area contributed by atoms with Crippen molar-refractivity contribution in [2.75, 3.05) is 13.2 Å². The maximum atomic E-state index is 12.0. The Bertz CT molecular complexity index is 475. The van der Waals surface area contributed by atoms with E-state index in [0.29, 0.717) is 37.9 Å². The molecule has 4 heteroatoms. The summed E-state index contributed by atoms with van der Waals surface area (Å²) in [4.78, 5) is 23.7. The molecule has 208 valence electrons. The standard InChI is InChI=1S/C31H60O4/c1-5-7-9-20-26-34-30(32)23-19-17-15-13-11-12-14-16-18-22-29(28(3)4)24-25-31(33)35-27-21-10-8-6-2/h28-29H,5-27H2,1-4H3. The molecule has 0 aliphatic rings. The molecule has 0 aromatic rings. The first-order valence-corrected chi connectivity index (χ1v) is 15.3. The Morgan fingerprint density at radius 3 is 1.43 bits per heavy atom. The second-order valence-electron chi connectivity index (χ2n) is 10.8. The monoisotopic (exact) mass is 496 g/mol.